The first-order chi connectivity index (χ1) is 5.43. The molecule has 1 aromatic carbocycles. The van der Waals surface area contributed by atoms with Crippen molar-refractivity contribution in [1.29, 1.82) is 0 Å². The maximum atomic E-state index is 3.05. The van der Waals surface area contributed by atoms with Gasteiger partial charge in [-0.3, -0.25) is 4.72 Å². The maximum Gasteiger partial charge on any atom is 0.0119 e. The van der Waals surface area contributed by atoms with E-state index >= 15 is 0 Å². The van der Waals surface area contributed by atoms with E-state index in [1.165, 1.54) is 5.56 Å². The summed E-state index contributed by atoms with van der Waals surface area (Å²) in [6.45, 7) is 0. The summed E-state index contributed by atoms with van der Waals surface area (Å²) in [5.41, 5.74) is 1.41. The second kappa shape index (κ2) is 5.22. The Morgan fingerprint density at radius 3 is 2.64 bits per heavy atom. The molecule has 0 radical (unpaired) electrons. The highest BCUT2D eigenvalue weighted by Crippen LogP contribution is 2.02. The molecule has 0 saturated heterocycles. The zero-order valence-corrected chi connectivity index (χ0v) is 7.53. The van der Waals surface area contributed by atoms with E-state index in [0.29, 0.717) is 0 Å². The second-order valence-electron chi connectivity index (χ2n) is 2.29. The summed E-state index contributed by atoms with van der Waals surface area (Å²) in [5.74, 6) is 1.14. The van der Waals surface area contributed by atoms with Crippen LogP contribution in [0.25, 0.3) is 0 Å². The highest BCUT2D eigenvalue weighted by atomic mass is 32.2. The molecule has 0 unspecified atom stereocenters. The average molecular weight is 167 g/mol. The van der Waals surface area contributed by atoms with Gasteiger partial charge in [-0.1, -0.05) is 42.3 Å². The molecule has 11 heavy (non-hydrogen) atoms. The van der Waals surface area contributed by atoms with Crippen molar-refractivity contribution in [3.8, 4) is 0 Å². The fourth-order valence-electron chi connectivity index (χ4n) is 0.916. The minimum absolute atomic E-state index is 1.14. The van der Waals surface area contributed by atoms with Gasteiger partial charge in [-0.15, -0.1) is 0 Å². The molecule has 1 rings (SSSR count). The van der Waals surface area contributed by atoms with E-state index < -0.39 is 0 Å². The lowest BCUT2D eigenvalue weighted by molar-refractivity contribution is 1.14. The summed E-state index contributed by atoms with van der Waals surface area (Å²) in [5, 5.41) is 0. The molecule has 0 saturated carbocycles. The number of hydrogen-bond acceptors (Lipinski definition) is 2. The number of nitrogens with one attached hydrogen (secondary N) is 1. The third-order valence-corrected chi connectivity index (χ3v) is 2.18. The lowest BCUT2D eigenvalue weighted by Crippen LogP contribution is -1.96. The van der Waals surface area contributed by atoms with Crippen molar-refractivity contribution in [2.24, 2.45) is 0 Å². The van der Waals surface area contributed by atoms with E-state index in [4.69, 9.17) is 0 Å². The predicted molar refractivity (Wildman–Crippen MR) is 51.7 cm³/mol. The highest BCUT2D eigenvalue weighted by molar-refractivity contribution is 7.97. The van der Waals surface area contributed by atoms with Gasteiger partial charge in [0.25, 0.3) is 0 Å². The summed E-state index contributed by atoms with van der Waals surface area (Å²) < 4.78 is 3.05. The molecule has 0 aliphatic rings. The van der Waals surface area contributed by atoms with Gasteiger partial charge in [-0.2, -0.15) is 0 Å². The van der Waals surface area contributed by atoms with Crippen molar-refractivity contribution in [3.63, 3.8) is 0 Å². The van der Waals surface area contributed by atoms with Gasteiger partial charge in [0.05, 0.1) is 0 Å². The Bertz CT molecular complexity index is 186. The van der Waals surface area contributed by atoms with Crippen molar-refractivity contribution in [3.05, 3.63) is 35.9 Å². The minimum Gasteiger partial charge on any atom is -0.267 e. The van der Waals surface area contributed by atoms with Gasteiger partial charge in [0.2, 0.25) is 0 Å². The van der Waals surface area contributed by atoms with Crippen LogP contribution >= 0.6 is 11.9 Å². The van der Waals surface area contributed by atoms with E-state index in [1.54, 1.807) is 11.9 Å². The molecular formula is C9H13NS. The van der Waals surface area contributed by atoms with Gasteiger partial charge in [0, 0.05) is 5.75 Å². The number of aryl methyl sites for hydroxylation is 1. The Labute approximate surface area is 72.3 Å². The Morgan fingerprint density at radius 2 is 2.00 bits per heavy atom. The summed E-state index contributed by atoms with van der Waals surface area (Å²) in [6.07, 6.45) is 1.15. The largest absolute Gasteiger partial charge is 0.267 e. The van der Waals surface area contributed by atoms with Gasteiger partial charge >= 0.3 is 0 Å². The van der Waals surface area contributed by atoms with Crippen LogP contribution in [0.3, 0.4) is 0 Å². The van der Waals surface area contributed by atoms with Gasteiger partial charge < -0.3 is 0 Å². The quantitative estimate of drug-likeness (QED) is 0.544. The molecule has 1 aromatic rings. The molecule has 1 N–H and O–H groups in total. The molecule has 0 heterocycles. The van der Waals surface area contributed by atoms with Crippen molar-refractivity contribution in [2.75, 3.05) is 12.8 Å². The molecule has 0 atom stereocenters. The van der Waals surface area contributed by atoms with Crippen LogP contribution < -0.4 is 4.72 Å². The molecule has 1 nitrogen and oxygen atoms in total. The van der Waals surface area contributed by atoms with Crippen LogP contribution in [0.1, 0.15) is 5.56 Å². The maximum absolute atomic E-state index is 3.05. The van der Waals surface area contributed by atoms with E-state index in [2.05, 4.69) is 35.1 Å². The van der Waals surface area contributed by atoms with Crippen LogP contribution in [0, 0.1) is 0 Å². The monoisotopic (exact) mass is 167 g/mol. The molecule has 0 aliphatic heterocycles. The van der Waals surface area contributed by atoms with Crippen LogP contribution in [0.15, 0.2) is 30.3 Å². The Hall–Kier alpha value is -0.470. The first-order valence-corrected chi connectivity index (χ1v) is 4.74. The lowest BCUT2D eigenvalue weighted by Gasteiger charge is -1.98. The summed E-state index contributed by atoms with van der Waals surface area (Å²) in [6, 6.07) is 10.5. The van der Waals surface area contributed by atoms with Crippen LogP contribution in [0.4, 0.5) is 0 Å². The fourth-order valence-corrected chi connectivity index (χ4v) is 1.46. The third-order valence-electron chi connectivity index (χ3n) is 1.48. The molecule has 60 valence electrons. The van der Waals surface area contributed by atoms with Crippen molar-refractivity contribution >= 4 is 11.9 Å². The zero-order chi connectivity index (χ0) is 7.94. The normalized spacial score (nSPS) is 9.91. The summed E-state index contributed by atoms with van der Waals surface area (Å²) >= 11 is 1.75. The molecule has 0 spiro atoms. The van der Waals surface area contributed by atoms with Crippen molar-refractivity contribution < 1.29 is 0 Å². The molecule has 0 aliphatic carbocycles. The van der Waals surface area contributed by atoms with Crippen LogP contribution in [0.2, 0.25) is 0 Å². The van der Waals surface area contributed by atoms with Crippen molar-refractivity contribution in [1.82, 2.24) is 4.72 Å². The second-order valence-corrected chi connectivity index (χ2v) is 3.39. The molecule has 0 fully saturated rings. The Balaban J connectivity index is 2.28. The number of benzene rings is 1. The van der Waals surface area contributed by atoms with Crippen molar-refractivity contribution in [2.45, 2.75) is 6.42 Å². The SMILES string of the molecule is CNSCCc1ccccc1. The Kier molecular flexibility index (Phi) is 4.09. The van der Waals surface area contributed by atoms with E-state index in [1.807, 2.05) is 7.05 Å². The zero-order valence-electron chi connectivity index (χ0n) is 6.71. The van der Waals surface area contributed by atoms with E-state index in [0.717, 1.165) is 12.2 Å². The topological polar surface area (TPSA) is 12.0 Å². The first kappa shape index (κ1) is 8.62. The van der Waals surface area contributed by atoms with Crippen LogP contribution in [-0.4, -0.2) is 12.8 Å². The number of rotatable bonds is 4. The smallest absolute Gasteiger partial charge is 0.0119 e. The third kappa shape index (κ3) is 3.44. The van der Waals surface area contributed by atoms with Gasteiger partial charge in [-0.25, -0.2) is 0 Å². The van der Waals surface area contributed by atoms with E-state index in [9.17, 15) is 0 Å². The first-order valence-electron chi connectivity index (χ1n) is 3.76. The highest BCUT2D eigenvalue weighted by Gasteiger charge is 1.89. The summed E-state index contributed by atoms with van der Waals surface area (Å²) in [7, 11) is 1.95. The molecule has 0 aromatic heterocycles. The van der Waals surface area contributed by atoms with Gasteiger partial charge in [-0.05, 0) is 19.0 Å². The van der Waals surface area contributed by atoms with Gasteiger partial charge in [0.15, 0.2) is 0 Å². The Morgan fingerprint density at radius 1 is 1.27 bits per heavy atom. The predicted octanol–water partition coefficient (Wildman–Crippen LogP) is 2.10. The molecule has 0 bridgehead atoms. The van der Waals surface area contributed by atoms with E-state index in [-0.39, 0.29) is 0 Å². The fraction of sp³-hybridized carbons (Fsp3) is 0.333. The van der Waals surface area contributed by atoms with Crippen LogP contribution in [-0.2, 0) is 6.42 Å². The van der Waals surface area contributed by atoms with Crippen LogP contribution in [0.5, 0.6) is 0 Å². The molecule has 0 amide bonds. The standard InChI is InChI=1S/C9H13NS/c1-10-11-8-7-9-5-3-2-4-6-9/h2-6,10H,7-8H2,1H3. The number of hydrogen-bond donors (Lipinski definition) is 1. The summed E-state index contributed by atoms with van der Waals surface area (Å²) in [4.78, 5) is 0. The average Bonchev–Trinajstić information content (AvgIpc) is 2.07. The minimum atomic E-state index is 1.14. The molecule has 2 heteroatoms. The lowest BCUT2D eigenvalue weighted by atomic mass is 10.2. The molecular weight excluding hydrogens is 154 g/mol. The van der Waals surface area contributed by atoms with Gasteiger partial charge in [0.1, 0.15) is 0 Å².